The van der Waals surface area contributed by atoms with E-state index >= 15 is 0 Å². The summed E-state index contributed by atoms with van der Waals surface area (Å²) in [5.74, 6) is 0.107. The lowest BCUT2D eigenvalue weighted by atomic mass is 10.0. The molecule has 0 aromatic carbocycles. The zero-order valence-electron chi connectivity index (χ0n) is 13.3. The van der Waals surface area contributed by atoms with E-state index in [-0.39, 0.29) is 18.0 Å². The van der Waals surface area contributed by atoms with E-state index in [0.29, 0.717) is 26.1 Å². The summed E-state index contributed by atoms with van der Waals surface area (Å²) in [7, 11) is 0. The van der Waals surface area contributed by atoms with Gasteiger partial charge in [-0.25, -0.2) is 4.79 Å². The highest BCUT2D eigenvalue weighted by molar-refractivity contribution is 9.11. The molecule has 1 fully saturated rings. The lowest BCUT2D eigenvalue weighted by Gasteiger charge is -2.31. The third-order valence-electron chi connectivity index (χ3n) is 3.84. The third-order valence-corrected chi connectivity index (χ3v) is 5.53. The number of piperidine rings is 1. The summed E-state index contributed by atoms with van der Waals surface area (Å²) in [6.45, 7) is 3.50. The van der Waals surface area contributed by atoms with Crippen molar-refractivity contribution in [1.82, 2.24) is 10.2 Å². The van der Waals surface area contributed by atoms with Gasteiger partial charge in [0.2, 0.25) is 5.91 Å². The molecule has 128 valence electrons. The zero-order chi connectivity index (χ0) is 16.7. The van der Waals surface area contributed by atoms with Crippen molar-refractivity contribution in [3.63, 3.8) is 0 Å². The molecule has 5 nitrogen and oxygen atoms in total. The molecule has 7 heteroatoms. The Hall–Kier alpha value is -1.08. The Kier molecular flexibility index (Phi) is 7.36. The Balaban J connectivity index is 1.62. The van der Waals surface area contributed by atoms with Gasteiger partial charge in [0, 0.05) is 30.4 Å². The minimum Gasteiger partial charge on any atom is -0.450 e. The summed E-state index contributed by atoms with van der Waals surface area (Å²) in [6.07, 6.45) is 3.68. The van der Waals surface area contributed by atoms with Crippen LogP contribution in [0.4, 0.5) is 4.79 Å². The standard InChI is InChI=1S/C16H23BrN2O3S/c1-2-22-16(21)19-10-8-12(9-11-19)18-15(20)5-3-4-13-6-7-14(17)23-13/h6-7,12H,2-5,8-11H2,1H3,(H,18,20). The molecule has 1 aromatic heterocycles. The number of carbonyl (C=O) groups excluding carboxylic acids is 2. The molecule has 0 aliphatic carbocycles. The second-order valence-electron chi connectivity index (χ2n) is 5.59. The number of nitrogens with zero attached hydrogens (tertiary/aromatic N) is 1. The van der Waals surface area contributed by atoms with Crippen LogP contribution in [0.5, 0.6) is 0 Å². The van der Waals surface area contributed by atoms with Crippen LogP contribution in [-0.2, 0) is 16.0 Å². The van der Waals surface area contributed by atoms with Crippen LogP contribution in [0.15, 0.2) is 15.9 Å². The molecule has 1 N–H and O–H groups in total. The van der Waals surface area contributed by atoms with Crippen molar-refractivity contribution in [3.8, 4) is 0 Å². The Labute approximate surface area is 149 Å². The Bertz CT molecular complexity index is 527. The fourth-order valence-corrected chi connectivity index (χ4v) is 4.16. The quantitative estimate of drug-likeness (QED) is 0.790. The SMILES string of the molecule is CCOC(=O)N1CCC(NC(=O)CCCc2ccc(Br)s2)CC1. The molecule has 0 radical (unpaired) electrons. The van der Waals surface area contributed by atoms with Gasteiger partial charge in [0.15, 0.2) is 0 Å². The van der Waals surface area contributed by atoms with E-state index in [2.05, 4.69) is 27.3 Å². The molecule has 23 heavy (non-hydrogen) atoms. The number of carbonyl (C=O) groups is 2. The maximum Gasteiger partial charge on any atom is 0.409 e. The average Bonchev–Trinajstić information content (AvgIpc) is 2.93. The Morgan fingerprint density at radius 3 is 2.74 bits per heavy atom. The van der Waals surface area contributed by atoms with Crippen LogP contribution in [0.1, 0.15) is 37.5 Å². The van der Waals surface area contributed by atoms with Crippen molar-refractivity contribution in [1.29, 1.82) is 0 Å². The van der Waals surface area contributed by atoms with Crippen molar-refractivity contribution < 1.29 is 14.3 Å². The molecule has 1 saturated heterocycles. The second kappa shape index (κ2) is 9.27. The van der Waals surface area contributed by atoms with Crippen molar-refractivity contribution in [2.24, 2.45) is 0 Å². The molecule has 0 atom stereocenters. The van der Waals surface area contributed by atoms with Crippen LogP contribution in [0.25, 0.3) is 0 Å². The summed E-state index contributed by atoms with van der Waals surface area (Å²) in [5.41, 5.74) is 0. The van der Waals surface area contributed by atoms with Crippen molar-refractivity contribution >= 4 is 39.3 Å². The number of hydrogen-bond acceptors (Lipinski definition) is 4. The van der Waals surface area contributed by atoms with Gasteiger partial charge < -0.3 is 15.0 Å². The van der Waals surface area contributed by atoms with Crippen LogP contribution in [0.2, 0.25) is 0 Å². The first-order valence-electron chi connectivity index (χ1n) is 8.03. The molecule has 1 aromatic rings. The van der Waals surface area contributed by atoms with Gasteiger partial charge >= 0.3 is 6.09 Å². The highest BCUT2D eigenvalue weighted by Gasteiger charge is 2.24. The Morgan fingerprint density at radius 2 is 2.13 bits per heavy atom. The number of nitrogens with one attached hydrogen (secondary N) is 1. The predicted molar refractivity (Wildman–Crippen MR) is 94.7 cm³/mol. The fraction of sp³-hybridized carbons (Fsp3) is 0.625. The number of hydrogen-bond donors (Lipinski definition) is 1. The van der Waals surface area contributed by atoms with Gasteiger partial charge in [-0.1, -0.05) is 0 Å². The van der Waals surface area contributed by atoms with E-state index in [1.54, 1.807) is 23.2 Å². The van der Waals surface area contributed by atoms with Crippen LogP contribution >= 0.6 is 27.3 Å². The lowest BCUT2D eigenvalue weighted by molar-refractivity contribution is -0.122. The van der Waals surface area contributed by atoms with Gasteiger partial charge in [0.1, 0.15) is 0 Å². The molecule has 1 aliphatic heterocycles. The monoisotopic (exact) mass is 402 g/mol. The molecular weight excluding hydrogens is 380 g/mol. The molecule has 2 heterocycles. The molecular formula is C16H23BrN2O3S. The van der Waals surface area contributed by atoms with Gasteiger partial charge in [-0.3, -0.25) is 4.79 Å². The molecule has 0 unspecified atom stereocenters. The average molecular weight is 403 g/mol. The molecule has 1 aliphatic rings. The molecule has 0 saturated carbocycles. The molecule has 0 spiro atoms. The molecule has 2 amide bonds. The second-order valence-corrected chi connectivity index (χ2v) is 8.13. The fourth-order valence-electron chi connectivity index (χ4n) is 2.63. The van der Waals surface area contributed by atoms with Crippen molar-refractivity contribution in [2.75, 3.05) is 19.7 Å². The topological polar surface area (TPSA) is 58.6 Å². The maximum atomic E-state index is 12.0. The zero-order valence-corrected chi connectivity index (χ0v) is 15.7. The van der Waals surface area contributed by atoms with Gasteiger partial charge in [0.25, 0.3) is 0 Å². The number of rotatable bonds is 6. The van der Waals surface area contributed by atoms with E-state index in [1.165, 1.54) is 4.88 Å². The van der Waals surface area contributed by atoms with Gasteiger partial charge in [-0.2, -0.15) is 0 Å². The summed E-state index contributed by atoms with van der Waals surface area (Å²) in [4.78, 5) is 26.6. The third kappa shape index (κ3) is 6.14. The van der Waals surface area contributed by atoms with E-state index in [0.717, 1.165) is 29.5 Å². The predicted octanol–water partition coefficient (Wildman–Crippen LogP) is 3.57. The number of likely N-dealkylation sites (tertiary alicyclic amines) is 1. The van der Waals surface area contributed by atoms with Crippen LogP contribution in [0, 0.1) is 0 Å². The van der Waals surface area contributed by atoms with Crippen LogP contribution < -0.4 is 5.32 Å². The summed E-state index contributed by atoms with van der Waals surface area (Å²) < 4.78 is 6.12. The van der Waals surface area contributed by atoms with E-state index in [9.17, 15) is 9.59 Å². The largest absolute Gasteiger partial charge is 0.450 e. The highest BCUT2D eigenvalue weighted by atomic mass is 79.9. The minimum absolute atomic E-state index is 0.107. The minimum atomic E-state index is -0.251. The number of halogens is 1. The first-order valence-corrected chi connectivity index (χ1v) is 9.64. The summed E-state index contributed by atoms with van der Waals surface area (Å²) in [5, 5.41) is 3.08. The normalized spacial score (nSPS) is 15.5. The molecule has 0 bridgehead atoms. The number of amides is 2. The summed E-state index contributed by atoms with van der Waals surface area (Å²) in [6, 6.07) is 4.30. The maximum absolute atomic E-state index is 12.0. The van der Waals surface area contributed by atoms with E-state index in [4.69, 9.17) is 4.74 Å². The van der Waals surface area contributed by atoms with Crippen molar-refractivity contribution in [2.45, 2.75) is 45.1 Å². The van der Waals surface area contributed by atoms with Gasteiger partial charge in [-0.05, 0) is 60.7 Å². The lowest BCUT2D eigenvalue weighted by Crippen LogP contribution is -2.46. The smallest absolute Gasteiger partial charge is 0.409 e. The first-order chi connectivity index (χ1) is 11.1. The number of thiophene rings is 1. The number of aryl methyl sites for hydroxylation is 1. The molecule has 2 rings (SSSR count). The Morgan fingerprint density at radius 1 is 1.39 bits per heavy atom. The van der Waals surface area contributed by atoms with Crippen LogP contribution in [-0.4, -0.2) is 42.6 Å². The number of ether oxygens (including phenoxy) is 1. The van der Waals surface area contributed by atoms with Crippen molar-refractivity contribution in [3.05, 3.63) is 20.8 Å². The van der Waals surface area contributed by atoms with Gasteiger partial charge in [-0.15, -0.1) is 11.3 Å². The van der Waals surface area contributed by atoms with E-state index in [1.807, 2.05) is 6.07 Å². The van der Waals surface area contributed by atoms with Gasteiger partial charge in [0.05, 0.1) is 10.4 Å². The summed E-state index contributed by atoms with van der Waals surface area (Å²) >= 11 is 5.16. The highest BCUT2D eigenvalue weighted by Crippen LogP contribution is 2.23. The first kappa shape index (κ1) is 18.3. The van der Waals surface area contributed by atoms with Crippen LogP contribution in [0.3, 0.4) is 0 Å². The van der Waals surface area contributed by atoms with E-state index < -0.39 is 0 Å².